The minimum absolute atomic E-state index is 0.0521. The highest BCUT2D eigenvalue weighted by molar-refractivity contribution is 6.31. The van der Waals surface area contributed by atoms with Gasteiger partial charge in [-0.05, 0) is 18.1 Å². The van der Waals surface area contributed by atoms with Gasteiger partial charge in [-0.25, -0.2) is 4.98 Å². The van der Waals surface area contributed by atoms with Gasteiger partial charge in [0.1, 0.15) is 12.2 Å². The van der Waals surface area contributed by atoms with Gasteiger partial charge < -0.3 is 4.90 Å². The highest BCUT2D eigenvalue weighted by atomic mass is 35.5. The van der Waals surface area contributed by atoms with Gasteiger partial charge in [-0.15, -0.1) is 0 Å². The number of carbonyl (C=O) groups is 1. The van der Waals surface area contributed by atoms with Crippen LogP contribution in [0.2, 0.25) is 5.02 Å². The number of H-pyrrole nitrogens is 1. The van der Waals surface area contributed by atoms with E-state index >= 15 is 0 Å². The number of hydrogen-bond donors (Lipinski definition) is 1. The summed E-state index contributed by atoms with van der Waals surface area (Å²) >= 11 is 6.05. The van der Waals surface area contributed by atoms with Gasteiger partial charge in [0.2, 0.25) is 5.91 Å². The summed E-state index contributed by atoms with van der Waals surface area (Å²) in [7, 11) is 1.75. The van der Waals surface area contributed by atoms with Crippen molar-refractivity contribution >= 4 is 17.5 Å². The van der Waals surface area contributed by atoms with E-state index in [0.29, 0.717) is 30.2 Å². The van der Waals surface area contributed by atoms with E-state index in [9.17, 15) is 4.79 Å². The standard InChI is InChI=1S/C13H15ClN4O/c1-18(8-12-15-9-16-17-12)13(19)7-6-10-4-2-3-5-11(10)14/h2-5,9H,6-8H2,1H3,(H,15,16,17). The number of aryl methyl sites for hydroxylation is 1. The van der Waals surface area contributed by atoms with Crippen molar-refractivity contribution in [3.05, 3.63) is 47.0 Å². The van der Waals surface area contributed by atoms with Crippen LogP contribution in [0.15, 0.2) is 30.6 Å². The third kappa shape index (κ3) is 3.79. The quantitative estimate of drug-likeness (QED) is 0.910. The Kier molecular flexibility index (Phi) is 4.52. The fraction of sp³-hybridized carbons (Fsp3) is 0.308. The Labute approximate surface area is 116 Å². The van der Waals surface area contributed by atoms with E-state index in [1.54, 1.807) is 11.9 Å². The number of rotatable bonds is 5. The number of nitrogens with zero attached hydrogens (tertiary/aromatic N) is 3. The first kappa shape index (κ1) is 13.5. The van der Waals surface area contributed by atoms with Crippen LogP contribution in [0.25, 0.3) is 0 Å². The number of carbonyl (C=O) groups excluding carboxylic acids is 1. The van der Waals surface area contributed by atoms with Gasteiger partial charge in [-0.1, -0.05) is 29.8 Å². The second kappa shape index (κ2) is 6.33. The Bertz CT molecular complexity index is 541. The predicted octanol–water partition coefficient (Wildman–Crippen LogP) is 2.05. The molecular formula is C13H15ClN4O. The maximum absolute atomic E-state index is 12.0. The fourth-order valence-electron chi connectivity index (χ4n) is 1.75. The summed E-state index contributed by atoms with van der Waals surface area (Å²) in [5.74, 6) is 0.727. The summed E-state index contributed by atoms with van der Waals surface area (Å²) in [6.45, 7) is 0.432. The molecule has 1 aromatic heterocycles. The lowest BCUT2D eigenvalue weighted by Crippen LogP contribution is -2.26. The van der Waals surface area contributed by atoms with E-state index in [4.69, 9.17) is 11.6 Å². The van der Waals surface area contributed by atoms with E-state index in [0.717, 1.165) is 5.56 Å². The second-order valence-corrected chi connectivity index (χ2v) is 4.68. The fourth-order valence-corrected chi connectivity index (χ4v) is 1.98. The van der Waals surface area contributed by atoms with E-state index in [2.05, 4.69) is 15.2 Å². The number of hydrogen-bond acceptors (Lipinski definition) is 3. The van der Waals surface area contributed by atoms with Crippen molar-refractivity contribution in [1.29, 1.82) is 0 Å². The molecule has 0 bridgehead atoms. The molecule has 19 heavy (non-hydrogen) atoms. The van der Waals surface area contributed by atoms with Gasteiger partial charge in [-0.3, -0.25) is 9.89 Å². The van der Waals surface area contributed by atoms with Crippen LogP contribution >= 0.6 is 11.6 Å². The molecule has 0 saturated carbocycles. The Hall–Kier alpha value is -1.88. The molecule has 0 aliphatic carbocycles. The van der Waals surface area contributed by atoms with Crippen LogP contribution in [0.5, 0.6) is 0 Å². The van der Waals surface area contributed by atoms with Crippen LogP contribution in [0, 0.1) is 0 Å². The summed E-state index contributed by atoms with van der Waals surface area (Å²) in [6, 6.07) is 7.57. The van der Waals surface area contributed by atoms with Crippen LogP contribution in [-0.4, -0.2) is 33.0 Å². The topological polar surface area (TPSA) is 61.9 Å². The number of amides is 1. The Morgan fingerprint density at radius 1 is 1.42 bits per heavy atom. The first-order valence-corrected chi connectivity index (χ1v) is 6.36. The minimum Gasteiger partial charge on any atom is -0.338 e. The normalized spacial score (nSPS) is 10.4. The first-order chi connectivity index (χ1) is 9.16. The molecule has 0 radical (unpaired) electrons. The van der Waals surface area contributed by atoms with E-state index in [1.165, 1.54) is 6.33 Å². The summed E-state index contributed by atoms with van der Waals surface area (Å²) in [4.78, 5) is 17.6. The Morgan fingerprint density at radius 3 is 2.89 bits per heavy atom. The molecular weight excluding hydrogens is 264 g/mol. The van der Waals surface area contributed by atoms with Gasteiger partial charge >= 0.3 is 0 Å². The molecule has 1 heterocycles. The number of nitrogens with one attached hydrogen (secondary N) is 1. The van der Waals surface area contributed by atoms with Gasteiger partial charge in [0.15, 0.2) is 0 Å². The average molecular weight is 279 g/mol. The SMILES string of the molecule is CN(Cc1ncn[nH]1)C(=O)CCc1ccccc1Cl. The minimum atomic E-state index is 0.0521. The maximum atomic E-state index is 12.0. The number of benzene rings is 1. The lowest BCUT2D eigenvalue weighted by atomic mass is 10.1. The van der Waals surface area contributed by atoms with Gasteiger partial charge in [0, 0.05) is 18.5 Å². The van der Waals surface area contributed by atoms with Crippen molar-refractivity contribution in [2.24, 2.45) is 0 Å². The zero-order valence-corrected chi connectivity index (χ0v) is 11.4. The maximum Gasteiger partial charge on any atom is 0.223 e. The van der Waals surface area contributed by atoms with Gasteiger partial charge in [-0.2, -0.15) is 5.10 Å². The number of aromatic amines is 1. The molecule has 100 valence electrons. The molecule has 1 amide bonds. The molecule has 1 N–H and O–H groups in total. The van der Waals surface area contributed by atoms with Crippen LogP contribution < -0.4 is 0 Å². The summed E-state index contributed by atoms with van der Waals surface area (Å²) in [6.07, 6.45) is 2.49. The molecule has 0 spiro atoms. The molecule has 2 aromatic rings. The zero-order chi connectivity index (χ0) is 13.7. The molecule has 0 saturated heterocycles. The van der Waals surface area contributed by atoms with Crippen molar-refractivity contribution in [2.75, 3.05) is 7.05 Å². The van der Waals surface area contributed by atoms with E-state index in [1.807, 2.05) is 24.3 Å². The van der Waals surface area contributed by atoms with Gasteiger partial charge in [0.05, 0.1) is 6.54 Å². The molecule has 2 rings (SSSR count). The first-order valence-electron chi connectivity index (χ1n) is 5.98. The molecule has 6 heteroatoms. The summed E-state index contributed by atoms with van der Waals surface area (Å²) < 4.78 is 0. The van der Waals surface area contributed by atoms with Crippen molar-refractivity contribution in [3.63, 3.8) is 0 Å². The van der Waals surface area contributed by atoms with Crippen LogP contribution in [-0.2, 0) is 17.8 Å². The molecule has 0 unspecified atom stereocenters. The highest BCUT2D eigenvalue weighted by Gasteiger charge is 2.11. The molecule has 5 nitrogen and oxygen atoms in total. The molecule has 0 aliphatic rings. The van der Waals surface area contributed by atoms with E-state index < -0.39 is 0 Å². The zero-order valence-electron chi connectivity index (χ0n) is 10.6. The third-order valence-corrected chi connectivity index (χ3v) is 3.21. The van der Waals surface area contributed by atoms with Gasteiger partial charge in [0.25, 0.3) is 0 Å². The Balaban J connectivity index is 1.86. The molecule has 0 atom stereocenters. The van der Waals surface area contributed by atoms with Crippen molar-refractivity contribution in [2.45, 2.75) is 19.4 Å². The van der Waals surface area contributed by atoms with E-state index in [-0.39, 0.29) is 5.91 Å². The van der Waals surface area contributed by atoms with Crippen molar-refractivity contribution < 1.29 is 4.79 Å². The van der Waals surface area contributed by atoms with Crippen LogP contribution in [0.4, 0.5) is 0 Å². The van der Waals surface area contributed by atoms with Crippen LogP contribution in [0.1, 0.15) is 17.8 Å². The Morgan fingerprint density at radius 2 is 2.21 bits per heavy atom. The highest BCUT2D eigenvalue weighted by Crippen LogP contribution is 2.16. The molecule has 1 aromatic carbocycles. The summed E-state index contributed by atoms with van der Waals surface area (Å²) in [5, 5.41) is 7.18. The van der Waals surface area contributed by atoms with Crippen molar-refractivity contribution in [1.82, 2.24) is 20.1 Å². The van der Waals surface area contributed by atoms with Crippen molar-refractivity contribution in [3.8, 4) is 0 Å². The smallest absolute Gasteiger partial charge is 0.223 e. The summed E-state index contributed by atoms with van der Waals surface area (Å²) in [5.41, 5.74) is 0.991. The molecule has 0 fully saturated rings. The monoisotopic (exact) mass is 278 g/mol. The molecule has 0 aliphatic heterocycles. The largest absolute Gasteiger partial charge is 0.338 e. The third-order valence-electron chi connectivity index (χ3n) is 2.84. The lowest BCUT2D eigenvalue weighted by Gasteiger charge is -2.15. The second-order valence-electron chi connectivity index (χ2n) is 4.27. The predicted molar refractivity (Wildman–Crippen MR) is 72.6 cm³/mol. The number of aromatic nitrogens is 3. The lowest BCUT2D eigenvalue weighted by molar-refractivity contribution is -0.130. The number of halogens is 1. The average Bonchev–Trinajstić information content (AvgIpc) is 2.90. The van der Waals surface area contributed by atoms with Crippen LogP contribution in [0.3, 0.4) is 0 Å².